The molecule has 2 nitrogen and oxygen atoms in total. The van der Waals surface area contributed by atoms with Gasteiger partial charge in [0.1, 0.15) is 5.75 Å². The molecule has 0 bridgehead atoms. The van der Waals surface area contributed by atoms with Gasteiger partial charge in [-0.3, -0.25) is 0 Å². The van der Waals surface area contributed by atoms with Crippen LogP contribution in [-0.4, -0.2) is 13.7 Å². The summed E-state index contributed by atoms with van der Waals surface area (Å²) in [7, 11) is 1.79. The predicted octanol–water partition coefficient (Wildman–Crippen LogP) is 4.20. The van der Waals surface area contributed by atoms with E-state index in [1.807, 2.05) is 0 Å². The molecule has 19 heavy (non-hydrogen) atoms. The van der Waals surface area contributed by atoms with E-state index in [2.05, 4.69) is 38.2 Å². The molecule has 106 valence electrons. The molecule has 2 rings (SSSR count). The molecule has 1 N–H and O–H groups in total. The Morgan fingerprint density at radius 3 is 2.63 bits per heavy atom. The minimum absolute atomic E-state index is 0.504. The Morgan fingerprint density at radius 1 is 1.32 bits per heavy atom. The van der Waals surface area contributed by atoms with Gasteiger partial charge >= 0.3 is 0 Å². The van der Waals surface area contributed by atoms with Crippen LogP contribution in [0, 0.1) is 0 Å². The van der Waals surface area contributed by atoms with E-state index < -0.39 is 0 Å². The molecular weight excluding hydrogens is 234 g/mol. The zero-order chi connectivity index (χ0) is 13.8. The van der Waals surface area contributed by atoms with E-state index in [-0.39, 0.29) is 0 Å². The second-order valence-corrected chi connectivity index (χ2v) is 5.81. The molecule has 1 unspecified atom stereocenters. The van der Waals surface area contributed by atoms with Crippen molar-refractivity contribution < 1.29 is 4.74 Å². The summed E-state index contributed by atoms with van der Waals surface area (Å²) >= 11 is 0. The largest absolute Gasteiger partial charge is 0.496 e. The fraction of sp³-hybridized carbons (Fsp3) is 0.647. The number of nitrogens with one attached hydrogen (secondary N) is 1. The molecule has 0 aromatic heterocycles. The van der Waals surface area contributed by atoms with Gasteiger partial charge in [0, 0.05) is 6.04 Å². The number of methoxy groups -OCH3 is 1. The van der Waals surface area contributed by atoms with Crippen molar-refractivity contribution in [3.05, 3.63) is 28.8 Å². The molecule has 1 aromatic carbocycles. The first-order valence-corrected chi connectivity index (χ1v) is 7.61. The molecule has 1 aliphatic heterocycles. The molecule has 0 radical (unpaired) electrons. The Morgan fingerprint density at radius 2 is 2.11 bits per heavy atom. The van der Waals surface area contributed by atoms with Gasteiger partial charge in [-0.2, -0.15) is 0 Å². The fourth-order valence-electron chi connectivity index (χ4n) is 3.02. The maximum absolute atomic E-state index is 5.65. The van der Waals surface area contributed by atoms with Gasteiger partial charge in [-0.1, -0.05) is 39.3 Å². The van der Waals surface area contributed by atoms with Crippen LogP contribution < -0.4 is 10.1 Å². The van der Waals surface area contributed by atoms with Crippen molar-refractivity contribution in [2.24, 2.45) is 0 Å². The highest BCUT2D eigenvalue weighted by atomic mass is 16.5. The number of aryl methyl sites for hydroxylation is 1. The van der Waals surface area contributed by atoms with Crippen LogP contribution in [0.5, 0.6) is 5.75 Å². The van der Waals surface area contributed by atoms with E-state index in [9.17, 15) is 0 Å². The SMILES string of the molecule is CCc1cc(C2CCCCN2)cc(C(C)C)c1OC. The molecule has 1 aliphatic rings. The second-order valence-electron chi connectivity index (χ2n) is 5.81. The van der Waals surface area contributed by atoms with Crippen molar-refractivity contribution in [3.8, 4) is 5.75 Å². The topological polar surface area (TPSA) is 21.3 Å². The lowest BCUT2D eigenvalue weighted by Gasteiger charge is -2.26. The highest BCUT2D eigenvalue weighted by molar-refractivity contribution is 5.47. The van der Waals surface area contributed by atoms with E-state index >= 15 is 0 Å². The molecule has 0 saturated carbocycles. The van der Waals surface area contributed by atoms with Crippen LogP contribution >= 0.6 is 0 Å². The lowest BCUT2D eigenvalue weighted by atomic mass is 9.90. The van der Waals surface area contributed by atoms with Gasteiger partial charge in [-0.25, -0.2) is 0 Å². The molecule has 2 heteroatoms. The first kappa shape index (κ1) is 14.4. The summed E-state index contributed by atoms with van der Waals surface area (Å²) in [6, 6.07) is 5.22. The lowest BCUT2D eigenvalue weighted by Crippen LogP contribution is -2.27. The number of ether oxygens (including phenoxy) is 1. The third-order valence-electron chi connectivity index (χ3n) is 4.14. The molecule has 1 heterocycles. The van der Waals surface area contributed by atoms with Crippen molar-refractivity contribution in [3.63, 3.8) is 0 Å². The quantitative estimate of drug-likeness (QED) is 0.877. The summed E-state index contributed by atoms with van der Waals surface area (Å²) in [5.74, 6) is 1.60. The molecular formula is C17H27NO. The number of hydrogen-bond donors (Lipinski definition) is 1. The van der Waals surface area contributed by atoms with Gasteiger partial charge < -0.3 is 10.1 Å². The molecule has 1 aromatic rings. The van der Waals surface area contributed by atoms with Gasteiger partial charge in [-0.15, -0.1) is 0 Å². The Bertz CT molecular complexity index is 420. The van der Waals surface area contributed by atoms with Gasteiger partial charge in [0.2, 0.25) is 0 Å². The van der Waals surface area contributed by atoms with Crippen molar-refractivity contribution >= 4 is 0 Å². The van der Waals surface area contributed by atoms with Gasteiger partial charge in [-0.05, 0) is 48.4 Å². The third-order valence-corrected chi connectivity index (χ3v) is 4.14. The van der Waals surface area contributed by atoms with Crippen LogP contribution in [0.15, 0.2) is 12.1 Å². The number of piperidine rings is 1. The predicted molar refractivity (Wildman–Crippen MR) is 81.1 cm³/mol. The fourth-order valence-corrected chi connectivity index (χ4v) is 3.02. The summed E-state index contributed by atoms with van der Waals surface area (Å²) < 4.78 is 5.65. The Balaban J connectivity index is 2.41. The lowest BCUT2D eigenvalue weighted by molar-refractivity contribution is 0.397. The minimum atomic E-state index is 0.504. The summed E-state index contributed by atoms with van der Waals surface area (Å²) in [5, 5.41) is 3.65. The zero-order valence-corrected chi connectivity index (χ0v) is 12.8. The van der Waals surface area contributed by atoms with Crippen molar-refractivity contribution in [1.82, 2.24) is 5.32 Å². The normalized spacial score (nSPS) is 19.7. The first-order valence-electron chi connectivity index (χ1n) is 7.61. The van der Waals surface area contributed by atoms with Crippen LogP contribution in [-0.2, 0) is 6.42 Å². The van der Waals surface area contributed by atoms with E-state index in [4.69, 9.17) is 4.74 Å². The summed E-state index contributed by atoms with van der Waals surface area (Å²) in [4.78, 5) is 0. The van der Waals surface area contributed by atoms with Gasteiger partial charge in [0.25, 0.3) is 0 Å². The van der Waals surface area contributed by atoms with Crippen LogP contribution in [0.1, 0.15) is 68.7 Å². The average Bonchev–Trinajstić information content (AvgIpc) is 2.46. The van der Waals surface area contributed by atoms with Crippen molar-refractivity contribution in [2.45, 2.75) is 58.4 Å². The molecule has 0 aliphatic carbocycles. The smallest absolute Gasteiger partial charge is 0.125 e. The highest BCUT2D eigenvalue weighted by Gasteiger charge is 2.19. The zero-order valence-electron chi connectivity index (χ0n) is 12.8. The maximum Gasteiger partial charge on any atom is 0.125 e. The Hall–Kier alpha value is -1.02. The summed E-state index contributed by atoms with van der Waals surface area (Å²) in [6.45, 7) is 7.85. The van der Waals surface area contributed by atoms with E-state index in [0.29, 0.717) is 12.0 Å². The summed E-state index contributed by atoms with van der Waals surface area (Å²) in [6.07, 6.45) is 4.93. The molecule has 0 spiro atoms. The van der Waals surface area contributed by atoms with E-state index in [1.54, 1.807) is 7.11 Å². The average molecular weight is 261 g/mol. The van der Waals surface area contributed by atoms with Crippen molar-refractivity contribution in [2.75, 3.05) is 13.7 Å². The minimum Gasteiger partial charge on any atom is -0.496 e. The van der Waals surface area contributed by atoms with E-state index in [1.165, 1.54) is 36.0 Å². The Labute approximate surface area is 117 Å². The molecule has 0 amide bonds. The molecule has 1 atom stereocenters. The molecule has 1 saturated heterocycles. The van der Waals surface area contributed by atoms with Gasteiger partial charge in [0.05, 0.1) is 7.11 Å². The van der Waals surface area contributed by atoms with E-state index in [0.717, 1.165) is 18.7 Å². The third kappa shape index (κ3) is 3.11. The van der Waals surface area contributed by atoms with Crippen LogP contribution in [0.4, 0.5) is 0 Å². The van der Waals surface area contributed by atoms with Crippen LogP contribution in [0.3, 0.4) is 0 Å². The van der Waals surface area contributed by atoms with Crippen molar-refractivity contribution in [1.29, 1.82) is 0 Å². The van der Waals surface area contributed by atoms with Gasteiger partial charge in [0.15, 0.2) is 0 Å². The number of rotatable bonds is 4. The number of hydrogen-bond acceptors (Lipinski definition) is 2. The molecule has 1 fully saturated rings. The summed E-state index contributed by atoms with van der Waals surface area (Å²) in [5.41, 5.74) is 4.14. The second kappa shape index (κ2) is 6.42. The standard InChI is InChI=1S/C17H27NO/c1-5-13-10-14(16-8-6-7-9-18-16)11-15(12(2)3)17(13)19-4/h10-12,16,18H,5-9H2,1-4H3. The monoisotopic (exact) mass is 261 g/mol. The first-order chi connectivity index (χ1) is 9.17. The Kier molecular flexibility index (Phi) is 4.87. The number of benzene rings is 1. The highest BCUT2D eigenvalue weighted by Crippen LogP contribution is 2.35. The van der Waals surface area contributed by atoms with Crippen LogP contribution in [0.25, 0.3) is 0 Å². The van der Waals surface area contributed by atoms with Crippen LogP contribution in [0.2, 0.25) is 0 Å². The maximum atomic E-state index is 5.65.